The highest BCUT2D eigenvalue weighted by Gasteiger charge is 2.36. The Morgan fingerprint density at radius 1 is 1.37 bits per heavy atom. The number of rotatable bonds is 5. The molecule has 0 aromatic rings. The minimum atomic E-state index is 0. The Morgan fingerprint density at radius 2 is 2.05 bits per heavy atom. The summed E-state index contributed by atoms with van der Waals surface area (Å²) in [5.74, 6) is 3.09. The Morgan fingerprint density at radius 3 is 2.58 bits per heavy atom. The molecule has 0 amide bonds. The van der Waals surface area contributed by atoms with E-state index in [1.807, 2.05) is 11.8 Å². The monoisotopic (exact) mass is 399 g/mol. The average molecular weight is 399 g/mol. The van der Waals surface area contributed by atoms with E-state index in [1.54, 1.807) is 7.11 Å². The van der Waals surface area contributed by atoms with Crippen LogP contribution in [0.1, 0.15) is 25.7 Å². The number of methoxy groups -OCH3 is 1. The first-order chi connectivity index (χ1) is 8.76. The molecule has 2 aliphatic rings. The summed E-state index contributed by atoms with van der Waals surface area (Å²) in [6.07, 6.45) is 5.02. The molecular weight excluding hydrogens is 373 g/mol. The number of halogens is 1. The summed E-state index contributed by atoms with van der Waals surface area (Å²) in [6, 6.07) is 0. The zero-order valence-electron chi connectivity index (χ0n) is 11.8. The Balaban J connectivity index is 0.00000180. The zero-order valence-corrected chi connectivity index (χ0v) is 14.9. The van der Waals surface area contributed by atoms with E-state index in [2.05, 4.69) is 9.89 Å². The van der Waals surface area contributed by atoms with E-state index < -0.39 is 0 Å². The highest BCUT2D eigenvalue weighted by atomic mass is 127. The van der Waals surface area contributed by atoms with Crippen molar-refractivity contribution in [1.29, 1.82) is 0 Å². The van der Waals surface area contributed by atoms with Gasteiger partial charge in [0.2, 0.25) is 0 Å². The van der Waals surface area contributed by atoms with E-state index in [0.717, 1.165) is 38.6 Å². The molecule has 2 N–H and O–H groups in total. The van der Waals surface area contributed by atoms with Gasteiger partial charge in [-0.05, 0) is 24.7 Å². The molecule has 112 valence electrons. The molecule has 1 aliphatic heterocycles. The van der Waals surface area contributed by atoms with Crippen molar-refractivity contribution < 1.29 is 4.74 Å². The van der Waals surface area contributed by atoms with Crippen LogP contribution in [-0.2, 0) is 4.74 Å². The SMILES string of the molecule is COCCC1(CN=C(N)N2CCSCC2)CCC1.I. The van der Waals surface area contributed by atoms with Gasteiger partial charge in [0.15, 0.2) is 5.96 Å². The van der Waals surface area contributed by atoms with E-state index in [9.17, 15) is 0 Å². The third-order valence-corrected chi connectivity index (χ3v) is 5.10. The minimum Gasteiger partial charge on any atom is -0.385 e. The van der Waals surface area contributed by atoms with Crippen LogP contribution in [0.5, 0.6) is 0 Å². The summed E-state index contributed by atoms with van der Waals surface area (Å²) in [5.41, 5.74) is 6.48. The molecule has 0 atom stereocenters. The van der Waals surface area contributed by atoms with E-state index in [1.165, 1.54) is 30.8 Å². The fourth-order valence-electron chi connectivity index (χ4n) is 2.62. The Bertz CT molecular complexity index is 292. The molecule has 6 heteroatoms. The van der Waals surface area contributed by atoms with Gasteiger partial charge in [-0.1, -0.05) is 6.42 Å². The Labute approximate surface area is 137 Å². The molecule has 0 spiro atoms. The predicted molar refractivity (Wildman–Crippen MR) is 93.6 cm³/mol. The molecule has 0 unspecified atom stereocenters. The molecule has 1 saturated heterocycles. The van der Waals surface area contributed by atoms with E-state index in [-0.39, 0.29) is 24.0 Å². The van der Waals surface area contributed by atoms with Gasteiger partial charge >= 0.3 is 0 Å². The lowest BCUT2D eigenvalue weighted by molar-refractivity contribution is 0.0777. The first kappa shape index (κ1) is 17.4. The second kappa shape index (κ2) is 8.56. The average Bonchev–Trinajstić information content (AvgIpc) is 2.38. The number of nitrogens with zero attached hydrogens (tertiary/aromatic N) is 2. The number of hydrogen-bond donors (Lipinski definition) is 1. The van der Waals surface area contributed by atoms with Crippen LogP contribution in [0.3, 0.4) is 0 Å². The van der Waals surface area contributed by atoms with Gasteiger partial charge in [0.1, 0.15) is 0 Å². The smallest absolute Gasteiger partial charge is 0.191 e. The molecule has 1 aliphatic carbocycles. The van der Waals surface area contributed by atoms with Crippen molar-refractivity contribution in [3.8, 4) is 0 Å². The van der Waals surface area contributed by atoms with Crippen LogP contribution in [0.4, 0.5) is 0 Å². The minimum absolute atomic E-state index is 0. The topological polar surface area (TPSA) is 50.9 Å². The highest BCUT2D eigenvalue weighted by molar-refractivity contribution is 14.0. The van der Waals surface area contributed by atoms with Gasteiger partial charge in [0.25, 0.3) is 0 Å². The summed E-state index contributed by atoms with van der Waals surface area (Å²) in [6.45, 7) is 3.82. The number of aliphatic imine (C=N–C) groups is 1. The fourth-order valence-corrected chi connectivity index (χ4v) is 3.53. The molecule has 0 aromatic heterocycles. The quantitative estimate of drug-likeness (QED) is 0.438. The number of ether oxygens (including phenoxy) is 1. The van der Waals surface area contributed by atoms with Crippen molar-refractivity contribution in [3.63, 3.8) is 0 Å². The van der Waals surface area contributed by atoms with E-state index >= 15 is 0 Å². The summed E-state index contributed by atoms with van der Waals surface area (Å²) in [5, 5.41) is 0. The molecule has 2 fully saturated rings. The van der Waals surface area contributed by atoms with E-state index in [0.29, 0.717) is 5.41 Å². The second-order valence-electron chi connectivity index (χ2n) is 5.37. The van der Waals surface area contributed by atoms with Crippen molar-refractivity contribution in [1.82, 2.24) is 4.90 Å². The van der Waals surface area contributed by atoms with Crippen LogP contribution in [-0.4, -0.2) is 55.7 Å². The van der Waals surface area contributed by atoms with Crippen LogP contribution in [0, 0.1) is 5.41 Å². The van der Waals surface area contributed by atoms with Crippen molar-refractivity contribution in [2.24, 2.45) is 16.1 Å². The van der Waals surface area contributed by atoms with Crippen LogP contribution >= 0.6 is 35.7 Å². The van der Waals surface area contributed by atoms with Gasteiger partial charge in [-0.25, -0.2) is 0 Å². The fraction of sp³-hybridized carbons (Fsp3) is 0.923. The summed E-state index contributed by atoms with van der Waals surface area (Å²) < 4.78 is 5.20. The molecule has 0 bridgehead atoms. The van der Waals surface area contributed by atoms with Gasteiger partial charge in [0.05, 0.1) is 0 Å². The molecule has 2 rings (SSSR count). The molecule has 4 nitrogen and oxygen atoms in total. The molecule has 1 heterocycles. The number of thioether (sulfide) groups is 1. The first-order valence-electron chi connectivity index (χ1n) is 6.87. The summed E-state index contributed by atoms with van der Waals surface area (Å²) in [7, 11) is 1.77. The largest absolute Gasteiger partial charge is 0.385 e. The summed E-state index contributed by atoms with van der Waals surface area (Å²) in [4.78, 5) is 6.87. The molecule has 0 radical (unpaired) electrons. The molecule has 1 saturated carbocycles. The van der Waals surface area contributed by atoms with Crippen molar-refractivity contribution >= 4 is 41.7 Å². The standard InChI is InChI=1S/C13H25N3OS.HI/c1-17-8-5-13(3-2-4-13)11-15-12(14)16-6-9-18-10-7-16;/h2-11H2,1H3,(H2,14,15);1H. The third kappa shape index (κ3) is 4.97. The highest BCUT2D eigenvalue weighted by Crippen LogP contribution is 2.44. The Hall–Kier alpha value is 0.310. The molecule has 19 heavy (non-hydrogen) atoms. The molecule has 0 aromatic carbocycles. The van der Waals surface area contributed by atoms with Gasteiger partial charge in [-0.3, -0.25) is 4.99 Å². The van der Waals surface area contributed by atoms with Crippen LogP contribution < -0.4 is 5.73 Å². The number of nitrogens with two attached hydrogens (primary N) is 1. The van der Waals surface area contributed by atoms with Gasteiger partial charge in [-0.2, -0.15) is 11.8 Å². The maximum Gasteiger partial charge on any atom is 0.191 e. The lowest BCUT2D eigenvalue weighted by atomic mass is 9.67. The van der Waals surface area contributed by atoms with Crippen molar-refractivity contribution in [2.75, 3.05) is 44.9 Å². The number of hydrogen-bond acceptors (Lipinski definition) is 3. The van der Waals surface area contributed by atoms with Gasteiger partial charge in [-0.15, -0.1) is 24.0 Å². The second-order valence-corrected chi connectivity index (χ2v) is 6.59. The normalized spacial score (nSPS) is 22.6. The van der Waals surface area contributed by atoms with E-state index in [4.69, 9.17) is 10.5 Å². The van der Waals surface area contributed by atoms with Crippen molar-refractivity contribution in [3.05, 3.63) is 0 Å². The van der Waals surface area contributed by atoms with Crippen molar-refractivity contribution in [2.45, 2.75) is 25.7 Å². The lowest BCUT2D eigenvalue weighted by Gasteiger charge is -2.41. The summed E-state index contributed by atoms with van der Waals surface area (Å²) >= 11 is 2.00. The Kier molecular flexibility index (Phi) is 7.83. The molecular formula is C13H26IN3OS. The third-order valence-electron chi connectivity index (χ3n) is 4.16. The maximum absolute atomic E-state index is 6.10. The zero-order chi connectivity index (χ0) is 12.8. The van der Waals surface area contributed by atoms with Crippen LogP contribution in [0.2, 0.25) is 0 Å². The van der Waals surface area contributed by atoms with Gasteiger partial charge < -0.3 is 15.4 Å². The lowest BCUT2D eigenvalue weighted by Crippen LogP contribution is -2.44. The maximum atomic E-state index is 6.10. The first-order valence-corrected chi connectivity index (χ1v) is 8.03. The number of guanidine groups is 1. The van der Waals surface area contributed by atoms with Gasteiger partial charge in [0, 0.05) is 44.9 Å². The predicted octanol–water partition coefficient (Wildman–Crippen LogP) is 2.17. The van der Waals surface area contributed by atoms with Crippen LogP contribution in [0.25, 0.3) is 0 Å². The van der Waals surface area contributed by atoms with Crippen LogP contribution in [0.15, 0.2) is 4.99 Å².